The van der Waals surface area contributed by atoms with Gasteiger partial charge in [0.15, 0.2) is 5.13 Å². The number of nitrogens with zero attached hydrogens (tertiary/aromatic N) is 2. The van der Waals surface area contributed by atoms with Gasteiger partial charge in [-0.15, -0.1) is 0 Å². The van der Waals surface area contributed by atoms with Crippen LogP contribution in [0.4, 0.5) is 5.13 Å². The van der Waals surface area contributed by atoms with Gasteiger partial charge in [-0.1, -0.05) is 34.5 Å². The summed E-state index contributed by atoms with van der Waals surface area (Å²) >= 11 is 13.6. The number of piperidine rings is 1. The number of thiazole rings is 1. The predicted molar refractivity (Wildman–Crippen MR) is 127 cm³/mol. The van der Waals surface area contributed by atoms with Crippen LogP contribution in [0.25, 0.3) is 0 Å². The Morgan fingerprint density at radius 1 is 1.35 bits per heavy atom. The smallest absolute Gasteiger partial charge is 0.349 e. The molecule has 2 aromatic rings. The van der Waals surface area contributed by atoms with Gasteiger partial charge in [0.2, 0.25) is 5.79 Å². The van der Waals surface area contributed by atoms with Crippen molar-refractivity contribution in [2.75, 3.05) is 44.9 Å². The molecular formula is C21H26Cl2N4O6S. The molecule has 0 aliphatic carbocycles. The van der Waals surface area contributed by atoms with Crippen molar-refractivity contribution in [1.82, 2.24) is 15.3 Å². The van der Waals surface area contributed by atoms with Crippen LogP contribution in [0.15, 0.2) is 6.20 Å². The van der Waals surface area contributed by atoms with Gasteiger partial charge in [-0.3, -0.25) is 4.79 Å². The number of amides is 1. The van der Waals surface area contributed by atoms with Crippen molar-refractivity contribution < 1.29 is 28.5 Å². The Morgan fingerprint density at radius 3 is 2.71 bits per heavy atom. The van der Waals surface area contributed by atoms with Gasteiger partial charge in [-0.2, -0.15) is 0 Å². The minimum atomic E-state index is -1.14. The average Bonchev–Trinajstić information content (AvgIpc) is 3.43. The topological polar surface area (TPSA) is 115 Å². The molecule has 2 aliphatic rings. The van der Waals surface area contributed by atoms with E-state index in [9.17, 15) is 9.59 Å². The molecule has 186 valence electrons. The van der Waals surface area contributed by atoms with E-state index in [1.807, 2.05) is 11.8 Å². The molecule has 34 heavy (non-hydrogen) atoms. The molecule has 4 rings (SSSR count). The molecule has 1 spiro atoms. The van der Waals surface area contributed by atoms with E-state index < -0.39 is 23.7 Å². The van der Waals surface area contributed by atoms with Crippen LogP contribution < -0.4 is 10.2 Å². The highest BCUT2D eigenvalue weighted by Crippen LogP contribution is 2.36. The van der Waals surface area contributed by atoms with Crippen molar-refractivity contribution in [2.45, 2.75) is 38.2 Å². The molecule has 2 saturated heterocycles. The van der Waals surface area contributed by atoms with Gasteiger partial charge in [0.05, 0.1) is 49.2 Å². The summed E-state index contributed by atoms with van der Waals surface area (Å²) in [6, 6.07) is -0.475. The minimum absolute atomic E-state index is 0.170. The van der Waals surface area contributed by atoms with Crippen LogP contribution in [-0.4, -0.2) is 79.8 Å². The molecule has 4 heterocycles. The maximum Gasteiger partial charge on any atom is 0.349 e. The van der Waals surface area contributed by atoms with E-state index in [0.717, 1.165) is 0 Å². The number of halogens is 2. The minimum Gasteiger partial charge on any atom is -0.465 e. The summed E-state index contributed by atoms with van der Waals surface area (Å²) in [6.45, 7) is 5.66. The van der Waals surface area contributed by atoms with Crippen LogP contribution in [0.5, 0.6) is 0 Å². The first kappa shape index (κ1) is 25.2. The first-order valence-electron chi connectivity index (χ1n) is 10.8. The number of aromatic amines is 1. The fourth-order valence-corrected chi connectivity index (χ4v) is 5.33. The van der Waals surface area contributed by atoms with E-state index in [1.165, 1.54) is 24.6 Å². The highest BCUT2D eigenvalue weighted by Gasteiger charge is 2.50. The maximum atomic E-state index is 13.1. The Morgan fingerprint density at radius 2 is 2.09 bits per heavy atom. The van der Waals surface area contributed by atoms with Crippen LogP contribution in [0.2, 0.25) is 10.0 Å². The Kier molecular flexibility index (Phi) is 7.70. The number of carbonyl (C=O) groups excluding carboxylic acids is 2. The molecule has 2 fully saturated rings. The highest BCUT2D eigenvalue weighted by atomic mass is 35.5. The molecule has 0 aromatic carbocycles. The number of aryl methyl sites for hydroxylation is 1. The van der Waals surface area contributed by atoms with Crippen molar-refractivity contribution in [3.8, 4) is 0 Å². The molecule has 13 heteroatoms. The number of ether oxygens (including phenoxy) is 4. The molecule has 10 nitrogen and oxygen atoms in total. The molecule has 2 aliphatic heterocycles. The van der Waals surface area contributed by atoms with Gasteiger partial charge >= 0.3 is 5.97 Å². The third-order valence-electron chi connectivity index (χ3n) is 5.80. The van der Waals surface area contributed by atoms with Gasteiger partial charge in [-0.25, -0.2) is 9.78 Å². The van der Waals surface area contributed by atoms with E-state index in [-0.39, 0.29) is 16.8 Å². The number of hydrogen-bond donors (Lipinski definition) is 2. The van der Waals surface area contributed by atoms with Crippen LogP contribution in [0.3, 0.4) is 0 Å². The van der Waals surface area contributed by atoms with Crippen molar-refractivity contribution in [3.05, 3.63) is 32.5 Å². The lowest BCUT2D eigenvalue weighted by molar-refractivity contribution is -0.307. The summed E-state index contributed by atoms with van der Waals surface area (Å²) in [5, 5.41) is 4.13. The normalized spacial score (nSPS) is 24.9. The molecule has 0 unspecified atom stereocenters. The molecule has 1 atom stereocenters. The van der Waals surface area contributed by atoms with Crippen molar-refractivity contribution in [1.29, 1.82) is 0 Å². The van der Waals surface area contributed by atoms with E-state index >= 15 is 0 Å². The van der Waals surface area contributed by atoms with Gasteiger partial charge in [0, 0.05) is 18.8 Å². The molecule has 1 amide bonds. The number of nitrogens with one attached hydrogen (secondary N) is 2. The van der Waals surface area contributed by atoms with Gasteiger partial charge < -0.3 is 34.1 Å². The molecule has 2 N–H and O–H groups in total. The highest BCUT2D eigenvalue weighted by molar-refractivity contribution is 7.17. The van der Waals surface area contributed by atoms with Gasteiger partial charge in [-0.05, 0) is 20.3 Å². The second-order valence-corrected chi connectivity index (χ2v) is 9.76. The zero-order valence-electron chi connectivity index (χ0n) is 19.0. The van der Waals surface area contributed by atoms with Crippen LogP contribution in [0.1, 0.15) is 39.2 Å². The van der Waals surface area contributed by atoms with Crippen molar-refractivity contribution >= 4 is 51.5 Å². The summed E-state index contributed by atoms with van der Waals surface area (Å²) in [5.74, 6) is -1.99. The summed E-state index contributed by atoms with van der Waals surface area (Å²) in [7, 11) is 1.33. The fourth-order valence-electron chi connectivity index (χ4n) is 4.05. The number of methoxy groups -OCH3 is 1. The van der Waals surface area contributed by atoms with E-state index in [1.54, 1.807) is 6.92 Å². The molecule has 2 aromatic heterocycles. The number of H-pyrrole nitrogens is 1. The molecule has 0 bridgehead atoms. The number of carbonyl (C=O) groups is 2. The number of esters is 1. The first-order valence-corrected chi connectivity index (χ1v) is 12.4. The third-order valence-corrected chi connectivity index (χ3v) is 7.78. The van der Waals surface area contributed by atoms with E-state index in [2.05, 4.69) is 15.3 Å². The lowest BCUT2D eigenvalue weighted by atomic mass is 9.96. The van der Waals surface area contributed by atoms with Gasteiger partial charge in [0.1, 0.15) is 16.7 Å². The number of anilines is 1. The lowest BCUT2D eigenvalue weighted by Crippen LogP contribution is -2.68. The maximum absolute atomic E-state index is 13.1. The van der Waals surface area contributed by atoms with Gasteiger partial charge in [0.25, 0.3) is 5.91 Å². The Labute approximate surface area is 210 Å². The monoisotopic (exact) mass is 532 g/mol. The number of aromatic nitrogens is 2. The molecular weight excluding hydrogens is 507 g/mol. The summed E-state index contributed by atoms with van der Waals surface area (Å²) in [6.07, 6.45) is 1.79. The zero-order chi connectivity index (χ0) is 24.5. The quantitative estimate of drug-likeness (QED) is 0.545. The zero-order valence-corrected chi connectivity index (χ0v) is 21.3. The lowest BCUT2D eigenvalue weighted by Gasteiger charge is -2.50. The van der Waals surface area contributed by atoms with Crippen LogP contribution in [0, 0.1) is 6.92 Å². The predicted octanol–water partition coefficient (Wildman–Crippen LogP) is 3.03. The fraction of sp³-hybridized carbons (Fsp3) is 0.571. The first-order chi connectivity index (χ1) is 16.3. The largest absolute Gasteiger partial charge is 0.465 e. The summed E-state index contributed by atoms with van der Waals surface area (Å²) in [4.78, 5) is 34.6. The Bertz CT molecular complexity index is 1050. The average molecular weight is 533 g/mol. The Balaban J connectivity index is 1.55. The molecule has 0 radical (unpaired) electrons. The van der Waals surface area contributed by atoms with Crippen molar-refractivity contribution in [2.24, 2.45) is 0 Å². The third kappa shape index (κ3) is 4.91. The second-order valence-electron chi connectivity index (χ2n) is 8.00. The SMILES string of the molecule is CCOC1COC2(CN(c3ncc(C(=O)OC)s3)CC[C@H]2NC(=O)c2[nH]c(C)c(Cl)c2Cl)OC1. The standard InChI is InChI=1S/C21H26Cl2N4O6S/c1-4-31-12-8-32-21(33-9-12)10-27(20-24-7-13(34-20)19(29)30-3)6-5-14(21)26-18(28)17-16(23)15(22)11(2)25-17/h7,12,14,25H,4-6,8-10H2,1-3H3,(H,26,28)/t12?,14-,21?/m1/s1. The second kappa shape index (κ2) is 10.4. The summed E-state index contributed by atoms with van der Waals surface area (Å²) in [5.41, 5.74) is 0.795. The molecule has 0 saturated carbocycles. The Hall–Kier alpha value is -1.89. The summed E-state index contributed by atoms with van der Waals surface area (Å²) < 4.78 is 22.9. The van der Waals surface area contributed by atoms with Crippen LogP contribution >= 0.6 is 34.5 Å². The van der Waals surface area contributed by atoms with E-state index in [4.69, 9.17) is 42.1 Å². The number of rotatable bonds is 6. The van der Waals surface area contributed by atoms with E-state index in [0.29, 0.717) is 60.1 Å². The van der Waals surface area contributed by atoms with Crippen LogP contribution in [-0.2, 0) is 18.9 Å². The number of hydrogen-bond acceptors (Lipinski definition) is 9. The van der Waals surface area contributed by atoms with Crippen molar-refractivity contribution in [3.63, 3.8) is 0 Å².